The zero-order valence-corrected chi connectivity index (χ0v) is 8.72. The minimum atomic E-state index is -0.819. The van der Waals surface area contributed by atoms with Gasteiger partial charge in [0.05, 0.1) is 11.6 Å². The van der Waals surface area contributed by atoms with Gasteiger partial charge in [0, 0.05) is 6.42 Å². The van der Waals surface area contributed by atoms with Gasteiger partial charge in [-0.2, -0.15) is 0 Å². The summed E-state index contributed by atoms with van der Waals surface area (Å²) in [5, 5.41) is 9.44. The van der Waals surface area contributed by atoms with Gasteiger partial charge in [0.1, 0.15) is 5.75 Å². The Morgan fingerprint density at radius 2 is 1.94 bits per heavy atom. The van der Waals surface area contributed by atoms with Crippen LogP contribution in [-0.4, -0.2) is 22.8 Å². The van der Waals surface area contributed by atoms with Crippen molar-refractivity contribution in [2.75, 3.05) is 0 Å². The highest BCUT2D eigenvalue weighted by molar-refractivity contribution is 6.02. The molecule has 0 radical (unpaired) electrons. The smallest absolute Gasteiger partial charge is 0.217 e. The Kier molecular flexibility index (Phi) is 4.02. The lowest BCUT2D eigenvalue weighted by molar-refractivity contribution is -0.118. The number of carbonyl (C=O) groups is 2. The van der Waals surface area contributed by atoms with Crippen molar-refractivity contribution in [1.29, 1.82) is 0 Å². The van der Waals surface area contributed by atoms with E-state index >= 15 is 0 Å². The molecule has 1 aromatic carbocycles. The summed E-state index contributed by atoms with van der Waals surface area (Å²) in [4.78, 5) is 22.3. The lowest BCUT2D eigenvalue weighted by Crippen LogP contribution is -2.31. The van der Waals surface area contributed by atoms with Gasteiger partial charge < -0.3 is 16.6 Å². The Bertz CT molecular complexity index is 404. The monoisotopic (exact) mass is 222 g/mol. The van der Waals surface area contributed by atoms with Crippen LogP contribution in [-0.2, 0) is 4.79 Å². The van der Waals surface area contributed by atoms with Crippen molar-refractivity contribution < 1.29 is 14.7 Å². The van der Waals surface area contributed by atoms with Gasteiger partial charge in [-0.15, -0.1) is 0 Å². The molecule has 5 N–H and O–H groups in total. The number of hydrogen-bond donors (Lipinski definition) is 3. The average Bonchev–Trinajstić information content (AvgIpc) is 2.25. The molecule has 16 heavy (non-hydrogen) atoms. The molecule has 0 aliphatic rings. The standard InChI is InChI=1S/C11H14N2O3/c12-8(5-6-10(13)15)11(16)7-3-1-2-4-9(7)14/h1-4,8,14H,5-6,12H2,(H2,13,15). The lowest BCUT2D eigenvalue weighted by Gasteiger charge is -2.10. The first-order valence-electron chi connectivity index (χ1n) is 4.88. The van der Waals surface area contributed by atoms with E-state index in [-0.39, 0.29) is 29.9 Å². The third kappa shape index (κ3) is 3.06. The van der Waals surface area contributed by atoms with Crippen LogP contribution in [0, 0.1) is 0 Å². The topological polar surface area (TPSA) is 106 Å². The van der Waals surface area contributed by atoms with E-state index in [2.05, 4.69) is 0 Å². The molecule has 1 aromatic rings. The minimum absolute atomic E-state index is 0.0561. The van der Waals surface area contributed by atoms with Gasteiger partial charge in [0.25, 0.3) is 0 Å². The number of amides is 1. The highest BCUT2D eigenvalue weighted by atomic mass is 16.3. The first-order valence-corrected chi connectivity index (χ1v) is 4.88. The van der Waals surface area contributed by atoms with Gasteiger partial charge in [-0.05, 0) is 18.6 Å². The second-order valence-corrected chi connectivity index (χ2v) is 3.49. The SMILES string of the molecule is NC(=O)CCC(N)C(=O)c1ccccc1O. The second kappa shape index (κ2) is 5.27. The summed E-state index contributed by atoms with van der Waals surface area (Å²) < 4.78 is 0. The van der Waals surface area contributed by atoms with Gasteiger partial charge in [-0.3, -0.25) is 9.59 Å². The first-order chi connectivity index (χ1) is 7.52. The summed E-state index contributed by atoms with van der Waals surface area (Å²) in [6.45, 7) is 0. The van der Waals surface area contributed by atoms with E-state index in [0.717, 1.165) is 0 Å². The normalized spacial score (nSPS) is 12.1. The summed E-state index contributed by atoms with van der Waals surface area (Å²) in [7, 11) is 0. The van der Waals surface area contributed by atoms with Gasteiger partial charge in [-0.1, -0.05) is 12.1 Å². The highest BCUT2D eigenvalue weighted by Crippen LogP contribution is 2.18. The fourth-order valence-corrected chi connectivity index (χ4v) is 1.31. The predicted octanol–water partition coefficient (Wildman–Crippen LogP) is 0.168. The number of phenolic OH excluding ortho intramolecular Hbond substituents is 1. The summed E-state index contributed by atoms with van der Waals surface area (Å²) in [6, 6.07) is 5.32. The number of aromatic hydroxyl groups is 1. The quantitative estimate of drug-likeness (QED) is 0.617. The number of rotatable bonds is 5. The first kappa shape index (κ1) is 12.2. The number of carbonyl (C=O) groups excluding carboxylic acids is 2. The van der Waals surface area contributed by atoms with Crippen LogP contribution in [0.1, 0.15) is 23.2 Å². The van der Waals surface area contributed by atoms with E-state index in [1.54, 1.807) is 12.1 Å². The number of phenols is 1. The maximum Gasteiger partial charge on any atom is 0.217 e. The van der Waals surface area contributed by atoms with Gasteiger partial charge in [0.15, 0.2) is 5.78 Å². The lowest BCUT2D eigenvalue weighted by atomic mass is 10.0. The zero-order valence-electron chi connectivity index (χ0n) is 8.72. The number of benzene rings is 1. The van der Waals surface area contributed by atoms with Crippen molar-refractivity contribution in [2.45, 2.75) is 18.9 Å². The van der Waals surface area contributed by atoms with Crippen molar-refractivity contribution in [3.8, 4) is 5.75 Å². The molecule has 0 saturated carbocycles. The maximum absolute atomic E-state index is 11.7. The van der Waals surface area contributed by atoms with Crippen LogP contribution in [0.5, 0.6) is 5.75 Å². The van der Waals surface area contributed by atoms with Gasteiger partial charge in [-0.25, -0.2) is 0 Å². The van der Waals surface area contributed by atoms with E-state index < -0.39 is 11.9 Å². The molecule has 0 bridgehead atoms. The van der Waals surface area contributed by atoms with Crippen molar-refractivity contribution in [2.24, 2.45) is 11.5 Å². The Morgan fingerprint density at radius 3 is 2.50 bits per heavy atom. The van der Waals surface area contributed by atoms with E-state index in [1.165, 1.54) is 12.1 Å². The largest absolute Gasteiger partial charge is 0.507 e. The molecule has 1 atom stereocenters. The van der Waals surface area contributed by atoms with Crippen molar-refractivity contribution in [3.63, 3.8) is 0 Å². The van der Waals surface area contributed by atoms with Crippen molar-refractivity contribution >= 4 is 11.7 Å². The predicted molar refractivity (Wildman–Crippen MR) is 58.8 cm³/mol. The highest BCUT2D eigenvalue weighted by Gasteiger charge is 2.18. The number of Topliss-reactive ketones (excluding diaryl/α,β-unsaturated/α-hetero) is 1. The van der Waals surface area contributed by atoms with Crippen molar-refractivity contribution in [3.05, 3.63) is 29.8 Å². The van der Waals surface area contributed by atoms with E-state index in [0.29, 0.717) is 0 Å². The Hall–Kier alpha value is -1.88. The van der Waals surface area contributed by atoms with Crippen LogP contribution in [0.15, 0.2) is 24.3 Å². The summed E-state index contributed by atoms with van der Waals surface area (Å²) in [6.07, 6.45) is 0.239. The molecule has 5 nitrogen and oxygen atoms in total. The summed E-state index contributed by atoms with van der Waals surface area (Å²) >= 11 is 0. The average molecular weight is 222 g/mol. The van der Waals surface area contributed by atoms with Crippen molar-refractivity contribution in [1.82, 2.24) is 0 Å². The molecular weight excluding hydrogens is 208 g/mol. The van der Waals surface area contributed by atoms with Crippen LogP contribution in [0.2, 0.25) is 0 Å². The van der Waals surface area contributed by atoms with Crippen LogP contribution in [0.25, 0.3) is 0 Å². The number of hydrogen-bond acceptors (Lipinski definition) is 4. The Morgan fingerprint density at radius 1 is 1.31 bits per heavy atom. The molecule has 1 rings (SSSR count). The summed E-state index contributed by atoms with van der Waals surface area (Å²) in [5.74, 6) is -0.998. The molecule has 0 spiro atoms. The molecule has 0 aliphatic carbocycles. The number of ketones is 1. The molecule has 0 saturated heterocycles. The maximum atomic E-state index is 11.7. The van der Waals surface area contributed by atoms with Crippen LogP contribution in [0.3, 0.4) is 0 Å². The Labute approximate surface area is 93.1 Å². The van der Waals surface area contributed by atoms with E-state index in [9.17, 15) is 14.7 Å². The van der Waals surface area contributed by atoms with Crippen LogP contribution < -0.4 is 11.5 Å². The summed E-state index contributed by atoms with van der Waals surface area (Å²) in [5.41, 5.74) is 10.7. The fourth-order valence-electron chi connectivity index (χ4n) is 1.31. The van der Waals surface area contributed by atoms with Gasteiger partial charge in [0.2, 0.25) is 5.91 Å². The number of nitrogens with two attached hydrogens (primary N) is 2. The Balaban J connectivity index is 2.71. The van der Waals surface area contributed by atoms with Crippen LogP contribution in [0.4, 0.5) is 0 Å². The molecular formula is C11H14N2O3. The second-order valence-electron chi connectivity index (χ2n) is 3.49. The molecule has 1 unspecified atom stereocenters. The molecule has 5 heteroatoms. The molecule has 0 aliphatic heterocycles. The number of para-hydroxylation sites is 1. The number of primary amides is 1. The fraction of sp³-hybridized carbons (Fsp3) is 0.273. The van der Waals surface area contributed by atoms with E-state index in [1.807, 2.05) is 0 Å². The molecule has 0 heterocycles. The molecule has 0 fully saturated rings. The third-order valence-corrected chi connectivity index (χ3v) is 2.21. The molecule has 0 aromatic heterocycles. The molecule has 86 valence electrons. The van der Waals surface area contributed by atoms with E-state index in [4.69, 9.17) is 11.5 Å². The molecule has 1 amide bonds. The van der Waals surface area contributed by atoms with Crippen LogP contribution >= 0.6 is 0 Å². The minimum Gasteiger partial charge on any atom is -0.507 e. The van der Waals surface area contributed by atoms with Gasteiger partial charge >= 0.3 is 0 Å². The zero-order chi connectivity index (χ0) is 12.1. The third-order valence-electron chi connectivity index (χ3n) is 2.21.